The number of benzene rings is 1. The molecule has 3 rings (SSSR count). The Labute approximate surface area is 177 Å². The zero-order valence-electron chi connectivity index (χ0n) is 16.1. The molecule has 2 aliphatic heterocycles. The molecule has 154 valence electrons. The van der Waals surface area contributed by atoms with E-state index in [0.717, 1.165) is 10.0 Å². The molecule has 0 aliphatic carbocycles. The fourth-order valence-corrected chi connectivity index (χ4v) is 3.67. The van der Waals surface area contributed by atoms with E-state index in [9.17, 15) is 14.4 Å². The van der Waals surface area contributed by atoms with Gasteiger partial charge in [0.2, 0.25) is 5.91 Å². The van der Waals surface area contributed by atoms with Crippen molar-refractivity contribution in [2.45, 2.75) is 25.8 Å². The molecule has 0 saturated carbocycles. The molecule has 8 heteroatoms. The topological polar surface area (TPSA) is 93.7 Å². The zero-order chi connectivity index (χ0) is 20.8. The molecule has 0 aromatic heterocycles. The van der Waals surface area contributed by atoms with Crippen LogP contribution < -0.4 is 15.4 Å². The molecule has 2 aliphatic rings. The molecular weight excluding hydrogens is 440 g/mol. The van der Waals surface area contributed by atoms with Crippen molar-refractivity contribution in [3.05, 3.63) is 46.0 Å². The molecule has 0 spiro atoms. The van der Waals surface area contributed by atoms with Gasteiger partial charge in [0.05, 0.1) is 12.2 Å². The van der Waals surface area contributed by atoms with Crippen LogP contribution in [0, 0.1) is 5.92 Å². The number of halogens is 1. The second kappa shape index (κ2) is 9.73. The van der Waals surface area contributed by atoms with Crippen molar-refractivity contribution in [2.75, 3.05) is 19.8 Å². The largest absolute Gasteiger partial charge is 0.488 e. The Morgan fingerprint density at radius 2 is 2.28 bits per heavy atom. The number of esters is 1. The van der Waals surface area contributed by atoms with E-state index in [4.69, 9.17) is 9.47 Å². The summed E-state index contributed by atoms with van der Waals surface area (Å²) < 4.78 is 11.5. The summed E-state index contributed by atoms with van der Waals surface area (Å²) >= 11 is 3.41. The van der Waals surface area contributed by atoms with Crippen LogP contribution in [-0.2, 0) is 19.1 Å². The minimum absolute atomic E-state index is 0.0345. The van der Waals surface area contributed by atoms with Crippen LogP contribution in [0.25, 0.3) is 6.08 Å². The highest BCUT2D eigenvalue weighted by Gasteiger charge is 2.28. The summed E-state index contributed by atoms with van der Waals surface area (Å²) in [5.74, 6) is -0.312. The molecule has 0 bridgehead atoms. The van der Waals surface area contributed by atoms with E-state index < -0.39 is 12.0 Å². The van der Waals surface area contributed by atoms with E-state index in [1.807, 2.05) is 18.2 Å². The smallest absolute Gasteiger partial charge is 0.330 e. The highest BCUT2D eigenvalue weighted by molar-refractivity contribution is 9.10. The second-order valence-corrected chi connectivity index (χ2v) is 7.76. The molecule has 0 radical (unpaired) electrons. The maximum absolute atomic E-state index is 12.8. The predicted molar refractivity (Wildman–Crippen MR) is 111 cm³/mol. The molecule has 2 unspecified atom stereocenters. The molecule has 1 aromatic carbocycles. The normalized spacial score (nSPS) is 19.0. The van der Waals surface area contributed by atoms with E-state index in [1.54, 1.807) is 19.1 Å². The number of carbonyl (C=O) groups excluding carboxylic acids is 3. The number of amides is 2. The molecule has 2 atom stereocenters. The third kappa shape index (κ3) is 5.69. The van der Waals surface area contributed by atoms with E-state index in [-0.39, 0.29) is 30.9 Å². The summed E-state index contributed by atoms with van der Waals surface area (Å²) in [5.41, 5.74) is 1.28. The Morgan fingerprint density at radius 3 is 3.00 bits per heavy atom. The first-order chi connectivity index (χ1) is 14.0. The van der Waals surface area contributed by atoms with Gasteiger partial charge in [0.1, 0.15) is 12.4 Å². The highest BCUT2D eigenvalue weighted by atomic mass is 79.9. The zero-order valence-corrected chi connectivity index (χ0v) is 17.7. The first kappa shape index (κ1) is 21.1. The Kier molecular flexibility index (Phi) is 7.09. The Bertz CT molecular complexity index is 865. The van der Waals surface area contributed by atoms with Gasteiger partial charge in [-0.25, -0.2) is 4.79 Å². The number of rotatable bonds is 7. The Balaban J connectivity index is 1.72. The van der Waals surface area contributed by atoms with E-state index in [0.29, 0.717) is 30.7 Å². The fraction of sp³-hybridized carbons (Fsp3) is 0.381. The van der Waals surface area contributed by atoms with Gasteiger partial charge in [-0.05, 0) is 44.0 Å². The summed E-state index contributed by atoms with van der Waals surface area (Å²) in [5, 5.41) is 5.69. The van der Waals surface area contributed by atoms with Crippen molar-refractivity contribution < 1.29 is 23.9 Å². The lowest BCUT2D eigenvalue weighted by Gasteiger charge is -2.21. The van der Waals surface area contributed by atoms with E-state index in [2.05, 4.69) is 26.6 Å². The minimum atomic E-state index is -0.485. The molecule has 1 fully saturated rings. The van der Waals surface area contributed by atoms with Crippen molar-refractivity contribution in [1.29, 1.82) is 0 Å². The highest BCUT2D eigenvalue weighted by Crippen LogP contribution is 2.29. The number of nitrogens with one attached hydrogen (secondary N) is 2. The SMILES string of the molecule is CCOC(=O)/C=C/C(CC1CCNC1=O)NC(=O)C1=Cc2cc(Br)ccc2OC1. The first-order valence-electron chi connectivity index (χ1n) is 9.52. The van der Waals surface area contributed by atoms with Crippen LogP contribution in [0.5, 0.6) is 5.75 Å². The van der Waals surface area contributed by atoms with E-state index in [1.165, 1.54) is 6.08 Å². The van der Waals surface area contributed by atoms with Gasteiger partial charge < -0.3 is 20.1 Å². The first-order valence-corrected chi connectivity index (χ1v) is 10.3. The molecular formula is C21H23BrN2O5. The second-order valence-electron chi connectivity index (χ2n) is 6.84. The number of carbonyl (C=O) groups is 3. The van der Waals surface area contributed by atoms with Crippen LogP contribution in [0.2, 0.25) is 0 Å². The van der Waals surface area contributed by atoms with Gasteiger partial charge in [-0.15, -0.1) is 0 Å². The fourth-order valence-electron chi connectivity index (χ4n) is 3.29. The molecule has 2 heterocycles. The summed E-state index contributed by atoms with van der Waals surface area (Å²) in [6.07, 6.45) is 5.76. The van der Waals surface area contributed by atoms with Gasteiger partial charge >= 0.3 is 5.97 Å². The van der Waals surface area contributed by atoms with Crippen LogP contribution in [0.4, 0.5) is 0 Å². The van der Waals surface area contributed by atoms with Crippen molar-refractivity contribution in [2.24, 2.45) is 5.92 Å². The quantitative estimate of drug-likeness (QED) is 0.479. The van der Waals surface area contributed by atoms with Gasteiger partial charge in [0.25, 0.3) is 5.91 Å². The third-order valence-electron chi connectivity index (χ3n) is 4.75. The Hall–Kier alpha value is -2.61. The number of fused-ring (bicyclic) bond motifs is 1. The lowest BCUT2D eigenvalue weighted by atomic mass is 9.97. The van der Waals surface area contributed by atoms with Gasteiger partial charge in [0, 0.05) is 34.6 Å². The van der Waals surface area contributed by atoms with Gasteiger partial charge in [-0.2, -0.15) is 0 Å². The summed E-state index contributed by atoms with van der Waals surface area (Å²) in [7, 11) is 0. The van der Waals surface area contributed by atoms with Crippen molar-refractivity contribution in [1.82, 2.24) is 10.6 Å². The van der Waals surface area contributed by atoms with Crippen LogP contribution in [-0.4, -0.2) is 43.6 Å². The summed E-state index contributed by atoms with van der Waals surface area (Å²) in [6.45, 7) is 2.76. The van der Waals surface area contributed by atoms with Crippen molar-refractivity contribution in [3.63, 3.8) is 0 Å². The predicted octanol–water partition coefficient (Wildman–Crippen LogP) is 2.36. The van der Waals surface area contributed by atoms with E-state index >= 15 is 0 Å². The van der Waals surface area contributed by atoms with Crippen LogP contribution in [0.3, 0.4) is 0 Å². The minimum Gasteiger partial charge on any atom is -0.488 e. The maximum atomic E-state index is 12.8. The van der Waals surface area contributed by atoms with Gasteiger partial charge in [-0.1, -0.05) is 22.0 Å². The monoisotopic (exact) mass is 462 g/mol. The lowest BCUT2D eigenvalue weighted by Crippen LogP contribution is -2.38. The number of ether oxygens (including phenoxy) is 2. The molecule has 1 aromatic rings. The standard InChI is InChI=1S/C21H23BrN2O5/c1-2-28-19(25)6-4-17(11-13-7-8-23-20(13)26)24-21(27)15-9-14-10-16(22)3-5-18(14)29-12-15/h3-6,9-10,13,17H,2,7-8,11-12H2,1H3,(H,23,26)(H,24,27)/b6-4+. The molecule has 2 amide bonds. The van der Waals surface area contributed by atoms with Crippen LogP contribution in [0.15, 0.2) is 40.4 Å². The van der Waals surface area contributed by atoms with Crippen LogP contribution >= 0.6 is 15.9 Å². The summed E-state index contributed by atoms with van der Waals surface area (Å²) in [4.78, 5) is 36.4. The Morgan fingerprint density at radius 1 is 1.45 bits per heavy atom. The third-order valence-corrected chi connectivity index (χ3v) is 5.24. The molecule has 2 N–H and O–H groups in total. The van der Waals surface area contributed by atoms with Gasteiger partial charge in [-0.3, -0.25) is 9.59 Å². The molecule has 29 heavy (non-hydrogen) atoms. The van der Waals surface area contributed by atoms with Crippen molar-refractivity contribution in [3.8, 4) is 5.75 Å². The van der Waals surface area contributed by atoms with Crippen molar-refractivity contribution >= 4 is 39.8 Å². The number of hydrogen-bond acceptors (Lipinski definition) is 5. The summed E-state index contributed by atoms with van der Waals surface area (Å²) in [6, 6.07) is 5.11. The van der Waals surface area contributed by atoms with Crippen LogP contribution in [0.1, 0.15) is 25.3 Å². The molecule has 7 nitrogen and oxygen atoms in total. The average Bonchev–Trinajstić information content (AvgIpc) is 3.10. The lowest BCUT2D eigenvalue weighted by molar-refractivity contribution is -0.137. The number of hydrogen-bond donors (Lipinski definition) is 2. The molecule has 1 saturated heterocycles. The maximum Gasteiger partial charge on any atom is 0.330 e. The van der Waals surface area contributed by atoms with Gasteiger partial charge in [0.15, 0.2) is 0 Å². The average molecular weight is 463 g/mol.